The normalized spacial score (nSPS) is 13.5. The molecule has 9 heteroatoms. The fraction of sp³-hybridized carbons (Fsp3) is 0.190. The van der Waals surface area contributed by atoms with Gasteiger partial charge >= 0.3 is 5.69 Å². The Morgan fingerprint density at radius 2 is 1.67 bits per heavy atom. The number of carbonyl (C=O) groups is 2. The van der Waals surface area contributed by atoms with Crippen molar-refractivity contribution in [3.8, 4) is 0 Å². The molecule has 0 aliphatic heterocycles. The molecule has 0 atom stereocenters. The van der Waals surface area contributed by atoms with Crippen molar-refractivity contribution in [2.24, 2.45) is 14.1 Å². The smallest absolute Gasteiger partial charge is 0.325 e. The van der Waals surface area contributed by atoms with E-state index in [1.54, 1.807) is 31.2 Å². The topological polar surface area (TPSA) is 111 Å². The van der Waals surface area contributed by atoms with Gasteiger partial charge in [-0.2, -0.15) is 0 Å². The van der Waals surface area contributed by atoms with E-state index in [0.29, 0.717) is 34.6 Å². The van der Waals surface area contributed by atoms with E-state index in [0.717, 1.165) is 4.57 Å². The summed E-state index contributed by atoms with van der Waals surface area (Å²) in [6.07, 6.45) is 1.56. The van der Waals surface area contributed by atoms with E-state index in [-0.39, 0.29) is 27.7 Å². The lowest BCUT2D eigenvalue weighted by atomic mass is 9.83. The van der Waals surface area contributed by atoms with E-state index in [2.05, 4.69) is 4.98 Å². The number of nitrogens with zero attached hydrogens (tertiary/aromatic N) is 3. The molecule has 1 aliphatic rings. The van der Waals surface area contributed by atoms with Gasteiger partial charge < -0.3 is 4.55 Å². The van der Waals surface area contributed by atoms with Gasteiger partial charge in [0.15, 0.2) is 11.6 Å². The molecule has 1 aliphatic carbocycles. The molecular weight excluding hydrogens is 406 g/mol. The van der Waals surface area contributed by atoms with Gasteiger partial charge in [0.1, 0.15) is 5.65 Å². The number of Topliss-reactive ketones (excluding diaryl/α,β-unsaturated/α-hetero) is 1. The lowest BCUT2D eigenvalue weighted by molar-refractivity contribution is 0.100. The first kappa shape index (κ1) is 20.0. The van der Waals surface area contributed by atoms with Crippen molar-refractivity contribution < 1.29 is 14.1 Å². The summed E-state index contributed by atoms with van der Waals surface area (Å²) < 4.78 is 11.2. The largest absolute Gasteiger partial charge is 0.332 e. The number of hydrogen-bond donors (Lipinski definition) is 1. The Bertz CT molecular complexity index is 1400. The number of aromatic nitrogens is 3. The fourth-order valence-corrected chi connectivity index (χ4v) is 3.95. The Morgan fingerprint density at radius 3 is 2.27 bits per heavy atom. The van der Waals surface area contributed by atoms with Gasteiger partial charge in [0.05, 0.1) is 22.2 Å². The molecule has 0 unspecified atom stereocenters. The van der Waals surface area contributed by atoms with Crippen LogP contribution in [-0.4, -0.2) is 30.2 Å². The van der Waals surface area contributed by atoms with Gasteiger partial charge in [-0.05, 0) is 30.2 Å². The quantitative estimate of drug-likeness (QED) is 0.643. The second-order valence-corrected chi connectivity index (χ2v) is 7.59. The number of benzene rings is 1. The predicted octanol–water partition coefficient (Wildman–Crippen LogP) is 2.22. The highest BCUT2D eigenvalue weighted by molar-refractivity contribution is 7.93. The minimum atomic E-state index is -0.665. The van der Waals surface area contributed by atoms with E-state index in [1.165, 1.54) is 24.7 Å². The van der Waals surface area contributed by atoms with Crippen molar-refractivity contribution in [3.63, 3.8) is 0 Å². The molecule has 0 saturated heterocycles. The summed E-state index contributed by atoms with van der Waals surface area (Å²) >= 11 is 0.581. The Hall–Kier alpha value is -3.30. The standard InChI is InChI=1S/C21H17N3O5S/c1-4-13-15-16(17-19(22-13)23(2)21(28)24(3)20(17)27)14(25)9-12(18(15)26)10-5-7-11(30-29)8-6-10/h5-9,29H,4H2,1-3H3. The molecule has 4 rings (SSSR count). The van der Waals surface area contributed by atoms with E-state index in [1.807, 2.05) is 0 Å². The number of fused-ring (bicyclic) bond motifs is 3. The Labute approximate surface area is 174 Å². The fourth-order valence-electron chi connectivity index (χ4n) is 3.70. The van der Waals surface area contributed by atoms with Crippen LogP contribution in [0.25, 0.3) is 16.6 Å². The zero-order chi connectivity index (χ0) is 21.7. The number of carbonyl (C=O) groups excluding carboxylic acids is 2. The number of pyridine rings is 1. The Morgan fingerprint density at radius 1 is 1.00 bits per heavy atom. The first-order valence-electron chi connectivity index (χ1n) is 9.15. The van der Waals surface area contributed by atoms with Crippen molar-refractivity contribution in [3.05, 3.63) is 73.6 Å². The van der Waals surface area contributed by atoms with Crippen LogP contribution in [0.4, 0.5) is 0 Å². The number of ketones is 2. The average molecular weight is 423 g/mol. The second kappa shape index (κ2) is 7.19. The molecule has 30 heavy (non-hydrogen) atoms. The van der Waals surface area contributed by atoms with Gasteiger partial charge in [-0.15, -0.1) is 0 Å². The lowest BCUT2D eigenvalue weighted by Gasteiger charge is -2.20. The van der Waals surface area contributed by atoms with Crippen LogP contribution in [0, 0.1) is 0 Å². The maximum absolute atomic E-state index is 13.4. The van der Waals surface area contributed by atoms with Crippen LogP contribution < -0.4 is 11.2 Å². The molecule has 152 valence electrons. The van der Waals surface area contributed by atoms with Gasteiger partial charge in [0, 0.05) is 36.6 Å². The first-order chi connectivity index (χ1) is 14.3. The van der Waals surface area contributed by atoms with Crippen LogP contribution >= 0.6 is 12.0 Å². The van der Waals surface area contributed by atoms with Crippen LogP contribution in [0.15, 0.2) is 44.8 Å². The van der Waals surface area contributed by atoms with E-state index >= 15 is 0 Å². The van der Waals surface area contributed by atoms with Gasteiger partial charge in [-0.3, -0.25) is 23.5 Å². The Kier molecular flexibility index (Phi) is 4.79. The summed E-state index contributed by atoms with van der Waals surface area (Å²) in [5, 5.41) is -0.0347. The summed E-state index contributed by atoms with van der Waals surface area (Å²) in [6, 6.07) is 6.56. The number of hydrogen-bond acceptors (Lipinski definition) is 7. The minimum Gasteiger partial charge on any atom is -0.325 e. The van der Waals surface area contributed by atoms with Crippen molar-refractivity contribution in [1.82, 2.24) is 14.1 Å². The van der Waals surface area contributed by atoms with Crippen molar-refractivity contribution >= 4 is 40.2 Å². The Balaban J connectivity index is 2.07. The van der Waals surface area contributed by atoms with E-state index in [9.17, 15) is 19.2 Å². The summed E-state index contributed by atoms with van der Waals surface area (Å²) in [5.74, 6) is -0.894. The number of rotatable bonds is 3. The van der Waals surface area contributed by atoms with E-state index in [4.69, 9.17) is 4.55 Å². The van der Waals surface area contributed by atoms with Crippen LogP contribution in [0.1, 0.15) is 38.9 Å². The SMILES string of the molecule is CCc1nc2c(c3c1C(=O)C(c1ccc(SO)cc1)=CC3=O)c(=O)n(C)c(=O)n2C. The molecule has 2 heterocycles. The number of aryl methyl sites for hydroxylation is 2. The van der Waals surface area contributed by atoms with Crippen molar-refractivity contribution in [1.29, 1.82) is 0 Å². The van der Waals surface area contributed by atoms with Gasteiger partial charge in [0.2, 0.25) is 0 Å². The first-order valence-corrected chi connectivity index (χ1v) is 9.92. The summed E-state index contributed by atoms with van der Waals surface area (Å²) in [5.41, 5.74) is 0.0183. The zero-order valence-corrected chi connectivity index (χ0v) is 17.2. The van der Waals surface area contributed by atoms with E-state index < -0.39 is 22.8 Å². The third-order valence-corrected chi connectivity index (χ3v) is 5.75. The molecule has 0 saturated carbocycles. The molecule has 0 bridgehead atoms. The van der Waals surface area contributed by atoms with Gasteiger partial charge in [0.25, 0.3) is 5.56 Å². The third kappa shape index (κ3) is 2.78. The highest BCUT2D eigenvalue weighted by atomic mass is 32.2. The lowest BCUT2D eigenvalue weighted by Crippen LogP contribution is -2.39. The van der Waals surface area contributed by atoms with Crippen LogP contribution in [0.5, 0.6) is 0 Å². The summed E-state index contributed by atoms with van der Waals surface area (Å²) in [4.78, 5) is 56.7. The van der Waals surface area contributed by atoms with Crippen molar-refractivity contribution in [2.75, 3.05) is 0 Å². The van der Waals surface area contributed by atoms with Crippen molar-refractivity contribution in [2.45, 2.75) is 18.2 Å². The summed E-state index contributed by atoms with van der Waals surface area (Å²) in [6.45, 7) is 1.79. The molecule has 1 N–H and O–H groups in total. The monoisotopic (exact) mass is 423 g/mol. The molecule has 3 aromatic rings. The third-order valence-electron chi connectivity index (χ3n) is 5.26. The predicted molar refractivity (Wildman–Crippen MR) is 113 cm³/mol. The average Bonchev–Trinajstić information content (AvgIpc) is 2.77. The summed E-state index contributed by atoms with van der Waals surface area (Å²) in [7, 11) is 2.79. The molecule has 8 nitrogen and oxygen atoms in total. The molecule has 0 spiro atoms. The maximum Gasteiger partial charge on any atom is 0.332 e. The molecule has 1 aromatic carbocycles. The van der Waals surface area contributed by atoms with Gasteiger partial charge in [-0.1, -0.05) is 19.1 Å². The van der Waals surface area contributed by atoms with Gasteiger partial charge in [-0.25, -0.2) is 9.78 Å². The number of allylic oxidation sites excluding steroid dienone is 2. The molecule has 0 amide bonds. The highest BCUT2D eigenvalue weighted by Gasteiger charge is 2.33. The maximum atomic E-state index is 13.4. The molecular formula is C21H17N3O5S. The minimum absolute atomic E-state index is 0.00988. The van der Waals surface area contributed by atoms with Crippen LogP contribution in [0.3, 0.4) is 0 Å². The molecule has 0 fully saturated rings. The highest BCUT2D eigenvalue weighted by Crippen LogP contribution is 2.33. The zero-order valence-electron chi connectivity index (χ0n) is 16.4. The molecule has 0 radical (unpaired) electrons. The van der Waals surface area contributed by atoms with Crippen LogP contribution in [0.2, 0.25) is 0 Å². The van der Waals surface area contributed by atoms with Crippen LogP contribution in [-0.2, 0) is 20.5 Å². The second-order valence-electron chi connectivity index (χ2n) is 6.93. The molecule has 2 aromatic heterocycles.